The second-order valence-electron chi connectivity index (χ2n) is 4.02. The molecule has 0 aliphatic heterocycles. The molecule has 2 aromatic rings. The Morgan fingerprint density at radius 1 is 1.10 bits per heavy atom. The minimum Gasteiger partial charge on any atom is -0.497 e. The Bertz CT molecular complexity index is 722. The number of methoxy groups -OCH3 is 1. The molecular weight excluding hydrogens is 279 g/mol. The first-order valence-electron chi connectivity index (χ1n) is 5.84. The fraction of sp³-hybridized carbons (Fsp3) is 0.0667. The maximum absolute atomic E-state index is 13.2. The highest BCUT2D eigenvalue weighted by molar-refractivity contribution is 8.00. The maximum atomic E-state index is 13.2. The molecule has 0 unspecified atom stereocenters. The molecule has 0 radical (unpaired) electrons. The Morgan fingerprint density at radius 3 is 2.40 bits per heavy atom. The molecule has 20 heavy (non-hydrogen) atoms. The summed E-state index contributed by atoms with van der Waals surface area (Å²) in [6.45, 7) is 0. The zero-order valence-electron chi connectivity index (χ0n) is 10.8. The van der Waals surface area contributed by atoms with E-state index in [9.17, 15) is 12.8 Å². The van der Waals surface area contributed by atoms with Gasteiger partial charge in [-0.05, 0) is 29.8 Å². The number of sulfone groups is 1. The fourth-order valence-corrected chi connectivity index (χ4v) is 3.10. The summed E-state index contributed by atoms with van der Waals surface area (Å²) in [5, 5.41) is 0. The molecule has 0 spiro atoms. The molecule has 0 atom stereocenters. The van der Waals surface area contributed by atoms with Crippen molar-refractivity contribution in [1.29, 1.82) is 0 Å². The molecule has 2 aromatic carbocycles. The molecule has 104 valence electrons. The Morgan fingerprint density at radius 2 is 1.80 bits per heavy atom. The van der Waals surface area contributed by atoms with Crippen LogP contribution in [0.15, 0.2) is 65.8 Å². The summed E-state index contributed by atoms with van der Waals surface area (Å²) in [5.41, 5.74) is 0.246. The summed E-state index contributed by atoms with van der Waals surface area (Å²) < 4.78 is 43.0. The molecule has 0 saturated carbocycles. The van der Waals surface area contributed by atoms with Crippen LogP contribution in [0.3, 0.4) is 0 Å². The van der Waals surface area contributed by atoms with E-state index in [1.165, 1.54) is 31.4 Å². The first-order chi connectivity index (χ1) is 9.59. The van der Waals surface area contributed by atoms with Crippen molar-refractivity contribution in [2.24, 2.45) is 0 Å². The van der Waals surface area contributed by atoms with Gasteiger partial charge in [-0.1, -0.05) is 30.3 Å². The average Bonchev–Trinajstić information content (AvgIpc) is 2.49. The second kappa shape index (κ2) is 5.88. The summed E-state index contributed by atoms with van der Waals surface area (Å²) >= 11 is 0. The van der Waals surface area contributed by atoms with Gasteiger partial charge in [-0.25, -0.2) is 12.8 Å². The average molecular weight is 292 g/mol. The standard InChI is InChI=1S/C15H13FO3S/c1-19-13-7-5-6-12(10-13)15(11-16)20(17,18)14-8-3-2-4-9-14/h2-11H,1H3/b15-11+. The lowest BCUT2D eigenvalue weighted by Gasteiger charge is -2.09. The number of ether oxygens (including phenoxy) is 1. The third-order valence-electron chi connectivity index (χ3n) is 2.80. The van der Waals surface area contributed by atoms with Crippen LogP contribution >= 0.6 is 0 Å². The quantitative estimate of drug-likeness (QED) is 0.867. The Hall–Kier alpha value is -2.14. The summed E-state index contributed by atoms with van der Waals surface area (Å²) in [5.74, 6) is 0.463. The molecular formula is C15H13FO3S. The van der Waals surface area contributed by atoms with Gasteiger partial charge in [0, 0.05) is 0 Å². The molecule has 0 amide bonds. The van der Waals surface area contributed by atoms with Crippen LogP contribution in [0.4, 0.5) is 4.39 Å². The summed E-state index contributed by atoms with van der Waals surface area (Å²) in [7, 11) is -2.44. The number of hydrogen-bond acceptors (Lipinski definition) is 3. The highest BCUT2D eigenvalue weighted by atomic mass is 32.2. The predicted molar refractivity (Wildman–Crippen MR) is 75.7 cm³/mol. The predicted octanol–water partition coefficient (Wildman–Crippen LogP) is 3.44. The van der Waals surface area contributed by atoms with Crippen molar-refractivity contribution in [2.75, 3.05) is 7.11 Å². The van der Waals surface area contributed by atoms with Crippen molar-refractivity contribution in [1.82, 2.24) is 0 Å². The Balaban J connectivity index is 2.53. The van der Waals surface area contributed by atoms with Crippen molar-refractivity contribution >= 4 is 14.7 Å². The monoisotopic (exact) mass is 292 g/mol. The summed E-state index contributed by atoms with van der Waals surface area (Å²) in [4.78, 5) is -0.339. The van der Waals surface area contributed by atoms with E-state index in [1.807, 2.05) is 0 Å². The number of halogens is 1. The van der Waals surface area contributed by atoms with Crippen LogP contribution in [0, 0.1) is 0 Å². The van der Waals surface area contributed by atoms with E-state index in [1.54, 1.807) is 30.3 Å². The molecule has 3 nitrogen and oxygen atoms in total. The SMILES string of the molecule is COc1cccc(/C(=C\F)S(=O)(=O)c2ccccc2)c1. The maximum Gasteiger partial charge on any atom is 0.209 e. The lowest BCUT2D eigenvalue weighted by molar-refractivity contribution is 0.414. The van der Waals surface area contributed by atoms with Gasteiger partial charge in [0.2, 0.25) is 9.84 Å². The zero-order chi connectivity index (χ0) is 14.6. The van der Waals surface area contributed by atoms with Gasteiger partial charge in [0.1, 0.15) is 17.0 Å². The first-order valence-corrected chi connectivity index (χ1v) is 7.33. The zero-order valence-corrected chi connectivity index (χ0v) is 11.6. The molecule has 5 heteroatoms. The smallest absolute Gasteiger partial charge is 0.209 e. The van der Waals surface area contributed by atoms with Crippen molar-refractivity contribution in [3.8, 4) is 5.75 Å². The third-order valence-corrected chi connectivity index (χ3v) is 4.59. The lowest BCUT2D eigenvalue weighted by Crippen LogP contribution is -2.04. The van der Waals surface area contributed by atoms with E-state index in [2.05, 4.69) is 0 Å². The molecule has 0 aliphatic carbocycles. The van der Waals surface area contributed by atoms with Gasteiger partial charge in [0.15, 0.2) is 0 Å². The molecule has 0 heterocycles. The van der Waals surface area contributed by atoms with Crippen LogP contribution in [-0.2, 0) is 9.84 Å². The molecule has 0 bridgehead atoms. The Kier molecular flexibility index (Phi) is 4.20. The third kappa shape index (κ3) is 2.72. The van der Waals surface area contributed by atoms with Gasteiger partial charge in [0.25, 0.3) is 0 Å². The second-order valence-corrected chi connectivity index (χ2v) is 5.94. The minimum absolute atomic E-state index is 0.0479. The van der Waals surface area contributed by atoms with E-state index >= 15 is 0 Å². The molecule has 0 fully saturated rings. The van der Waals surface area contributed by atoms with Gasteiger partial charge in [-0.3, -0.25) is 0 Å². The largest absolute Gasteiger partial charge is 0.497 e. The Labute approximate surface area is 117 Å². The van der Waals surface area contributed by atoms with Gasteiger partial charge in [-0.2, -0.15) is 0 Å². The van der Waals surface area contributed by atoms with Crippen molar-refractivity contribution in [3.05, 3.63) is 66.5 Å². The van der Waals surface area contributed by atoms with Crippen molar-refractivity contribution in [3.63, 3.8) is 0 Å². The van der Waals surface area contributed by atoms with E-state index in [0.29, 0.717) is 5.75 Å². The number of benzene rings is 2. The lowest BCUT2D eigenvalue weighted by atomic mass is 10.2. The molecule has 0 N–H and O–H groups in total. The van der Waals surface area contributed by atoms with Crippen LogP contribution in [-0.4, -0.2) is 15.5 Å². The van der Waals surface area contributed by atoms with Crippen LogP contribution in [0.2, 0.25) is 0 Å². The van der Waals surface area contributed by atoms with Crippen LogP contribution < -0.4 is 4.74 Å². The van der Waals surface area contributed by atoms with E-state index in [4.69, 9.17) is 4.74 Å². The van der Waals surface area contributed by atoms with Crippen molar-refractivity contribution in [2.45, 2.75) is 4.90 Å². The van der Waals surface area contributed by atoms with E-state index < -0.39 is 9.84 Å². The van der Waals surface area contributed by atoms with E-state index in [-0.39, 0.29) is 21.7 Å². The highest BCUT2D eigenvalue weighted by Crippen LogP contribution is 2.29. The van der Waals surface area contributed by atoms with Gasteiger partial charge < -0.3 is 4.74 Å². The molecule has 0 aliphatic rings. The fourth-order valence-electron chi connectivity index (χ4n) is 1.78. The van der Waals surface area contributed by atoms with Crippen LogP contribution in [0.1, 0.15) is 5.56 Å². The molecule has 0 aromatic heterocycles. The van der Waals surface area contributed by atoms with Gasteiger partial charge in [0.05, 0.1) is 12.0 Å². The van der Waals surface area contributed by atoms with Gasteiger partial charge >= 0.3 is 0 Å². The normalized spacial score (nSPS) is 12.2. The molecule has 0 saturated heterocycles. The number of rotatable bonds is 4. The van der Waals surface area contributed by atoms with Gasteiger partial charge in [-0.15, -0.1) is 0 Å². The van der Waals surface area contributed by atoms with Crippen molar-refractivity contribution < 1.29 is 17.5 Å². The number of hydrogen-bond donors (Lipinski definition) is 0. The van der Waals surface area contributed by atoms with E-state index in [0.717, 1.165) is 0 Å². The first kappa shape index (κ1) is 14.3. The topological polar surface area (TPSA) is 43.4 Å². The molecule has 2 rings (SSSR count). The highest BCUT2D eigenvalue weighted by Gasteiger charge is 2.22. The summed E-state index contributed by atoms with van der Waals surface area (Å²) in [6, 6.07) is 14.0. The minimum atomic E-state index is -3.90. The summed E-state index contributed by atoms with van der Waals surface area (Å²) in [6.07, 6.45) is 0.108. The van der Waals surface area contributed by atoms with Crippen LogP contribution in [0.25, 0.3) is 4.91 Å². The van der Waals surface area contributed by atoms with Crippen LogP contribution in [0.5, 0.6) is 5.75 Å².